The van der Waals surface area contributed by atoms with E-state index in [1.165, 1.54) is 13.0 Å². The van der Waals surface area contributed by atoms with Crippen LogP contribution in [0.4, 0.5) is 10.1 Å². The van der Waals surface area contributed by atoms with Crippen molar-refractivity contribution >= 4 is 44.3 Å². The molecule has 0 aliphatic rings. The third-order valence-electron chi connectivity index (χ3n) is 3.82. The highest BCUT2D eigenvalue weighted by Crippen LogP contribution is 2.21. The lowest BCUT2D eigenvalue weighted by Crippen LogP contribution is -2.30. The zero-order chi connectivity index (χ0) is 18.7. The van der Waals surface area contributed by atoms with Crippen molar-refractivity contribution in [1.82, 2.24) is 0 Å². The molecule has 26 heavy (non-hydrogen) atoms. The normalized spacial score (nSPS) is 11.8. The van der Waals surface area contributed by atoms with E-state index in [0.29, 0.717) is 5.69 Å². The highest BCUT2D eigenvalue weighted by atomic mass is 79.9. The second kappa shape index (κ2) is 7.66. The minimum atomic E-state index is -1.01. The average Bonchev–Trinajstić information content (AvgIpc) is 2.61. The average molecular weight is 416 g/mol. The predicted octanol–water partition coefficient (Wildman–Crippen LogP) is 4.93. The third-order valence-corrected chi connectivity index (χ3v) is 4.48. The van der Waals surface area contributed by atoms with E-state index >= 15 is 0 Å². The Morgan fingerprint density at radius 2 is 1.77 bits per heavy atom. The topological polar surface area (TPSA) is 55.4 Å². The van der Waals surface area contributed by atoms with Gasteiger partial charge in [0.15, 0.2) is 6.10 Å². The maximum atomic E-state index is 13.1. The van der Waals surface area contributed by atoms with E-state index in [4.69, 9.17) is 4.74 Å². The molecule has 0 heterocycles. The van der Waals surface area contributed by atoms with Crippen LogP contribution >= 0.6 is 15.9 Å². The van der Waals surface area contributed by atoms with E-state index in [1.807, 2.05) is 36.4 Å². The second-order valence-corrected chi connectivity index (χ2v) is 6.58. The first-order valence-electron chi connectivity index (χ1n) is 7.90. The highest BCUT2D eigenvalue weighted by Gasteiger charge is 2.20. The van der Waals surface area contributed by atoms with Crippen LogP contribution in [0.15, 0.2) is 65.1 Å². The van der Waals surface area contributed by atoms with Crippen molar-refractivity contribution in [3.63, 3.8) is 0 Å². The molecule has 0 saturated carbocycles. The number of carbonyl (C=O) groups is 2. The third kappa shape index (κ3) is 4.08. The molecule has 1 atom stereocenters. The van der Waals surface area contributed by atoms with Gasteiger partial charge in [-0.3, -0.25) is 4.79 Å². The number of hydrogen-bond acceptors (Lipinski definition) is 3. The Morgan fingerprint density at radius 1 is 1.04 bits per heavy atom. The van der Waals surface area contributed by atoms with Gasteiger partial charge < -0.3 is 10.1 Å². The van der Waals surface area contributed by atoms with Crippen LogP contribution in [-0.2, 0) is 9.53 Å². The van der Waals surface area contributed by atoms with Gasteiger partial charge in [0.2, 0.25) is 0 Å². The summed E-state index contributed by atoms with van der Waals surface area (Å²) in [6.45, 7) is 1.48. The van der Waals surface area contributed by atoms with E-state index in [2.05, 4.69) is 21.2 Å². The summed E-state index contributed by atoms with van der Waals surface area (Å²) in [6, 6.07) is 16.9. The number of carbonyl (C=O) groups excluding carboxylic acids is 2. The van der Waals surface area contributed by atoms with Crippen LogP contribution in [0.3, 0.4) is 0 Å². The van der Waals surface area contributed by atoms with Crippen LogP contribution in [0.5, 0.6) is 0 Å². The van der Waals surface area contributed by atoms with E-state index in [0.717, 1.165) is 22.9 Å². The summed E-state index contributed by atoms with van der Waals surface area (Å²) >= 11 is 3.11. The van der Waals surface area contributed by atoms with Crippen molar-refractivity contribution in [3.8, 4) is 0 Å². The Labute approximate surface area is 158 Å². The van der Waals surface area contributed by atoms with E-state index in [9.17, 15) is 14.0 Å². The Morgan fingerprint density at radius 3 is 2.50 bits per heavy atom. The number of esters is 1. The fraction of sp³-hybridized carbons (Fsp3) is 0.100. The molecular formula is C20H15BrFNO3. The van der Waals surface area contributed by atoms with Gasteiger partial charge in [0, 0.05) is 10.2 Å². The molecule has 0 saturated heterocycles. The van der Waals surface area contributed by atoms with Gasteiger partial charge in [-0.05, 0) is 64.0 Å². The van der Waals surface area contributed by atoms with Crippen LogP contribution < -0.4 is 5.32 Å². The van der Waals surface area contributed by atoms with Gasteiger partial charge in [0.1, 0.15) is 5.82 Å². The van der Waals surface area contributed by atoms with Gasteiger partial charge in [-0.25, -0.2) is 9.18 Å². The number of hydrogen-bond donors (Lipinski definition) is 1. The summed E-state index contributed by atoms with van der Waals surface area (Å²) < 4.78 is 18.6. The summed E-state index contributed by atoms with van der Waals surface area (Å²) in [4.78, 5) is 24.5. The van der Waals surface area contributed by atoms with Gasteiger partial charge >= 0.3 is 5.97 Å². The number of benzene rings is 3. The molecule has 3 rings (SSSR count). The molecule has 0 aliphatic heterocycles. The molecule has 1 N–H and O–H groups in total. The van der Waals surface area contributed by atoms with Crippen LogP contribution in [0.25, 0.3) is 10.8 Å². The number of fused-ring (bicyclic) bond motifs is 1. The minimum absolute atomic E-state index is 0.150. The number of rotatable bonds is 4. The van der Waals surface area contributed by atoms with Crippen molar-refractivity contribution in [2.24, 2.45) is 0 Å². The molecule has 1 amide bonds. The summed E-state index contributed by atoms with van der Waals surface area (Å²) in [5, 5.41) is 4.78. The first-order valence-corrected chi connectivity index (χ1v) is 8.69. The molecule has 0 bridgehead atoms. The zero-order valence-corrected chi connectivity index (χ0v) is 15.4. The second-order valence-electron chi connectivity index (χ2n) is 5.72. The predicted molar refractivity (Wildman–Crippen MR) is 102 cm³/mol. The Kier molecular flexibility index (Phi) is 5.32. The lowest BCUT2D eigenvalue weighted by atomic mass is 10.1. The van der Waals surface area contributed by atoms with Gasteiger partial charge in [-0.15, -0.1) is 0 Å². The first kappa shape index (κ1) is 18.1. The highest BCUT2D eigenvalue weighted by molar-refractivity contribution is 9.10. The molecule has 0 fully saturated rings. The Balaban J connectivity index is 1.67. The molecule has 3 aromatic rings. The molecule has 0 radical (unpaired) electrons. The lowest BCUT2D eigenvalue weighted by Gasteiger charge is -2.14. The van der Waals surface area contributed by atoms with E-state index < -0.39 is 23.8 Å². The largest absolute Gasteiger partial charge is 0.449 e. The minimum Gasteiger partial charge on any atom is -0.449 e. The molecule has 0 aromatic heterocycles. The molecule has 3 aromatic carbocycles. The van der Waals surface area contributed by atoms with Gasteiger partial charge in [0.05, 0.1) is 5.56 Å². The Hall–Kier alpha value is -2.73. The van der Waals surface area contributed by atoms with Crippen molar-refractivity contribution in [2.45, 2.75) is 13.0 Å². The summed E-state index contributed by atoms with van der Waals surface area (Å²) in [6.07, 6.45) is -1.01. The zero-order valence-electron chi connectivity index (χ0n) is 13.8. The fourth-order valence-corrected chi connectivity index (χ4v) is 2.96. The number of nitrogens with one attached hydrogen (secondary N) is 1. The quantitative estimate of drug-likeness (QED) is 0.614. The summed E-state index contributed by atoms with van der Waals surface area (Å²) in [5.41, 5.74) is 0.760. The number of halogens is 2. The molecule has 0 spiro atoms. The molecule has 132 valence electrons. The monoisotopic (exact) mass is 415 g/mol. The molecular weight excluding hydrogens is 401 g/mol. The molecule has 4 nitrogen and oxygen atoms in total. The summed E-state index contributed by atoms with van der Waals surface area (Å²) in [7, 11) is 0. The fourth-order valence-electron chi connectivity index (χ4n) is 2.44. The van der Waals surface area contributed by atoms with Crippen molar-refractivity contribution in [2.75, 3.05) is 5.32 Å². The van der Waals surface area contributed by atoms with Crippen LogP contribution in [0.1, 0.15) is 17.3 Å². The number of amides is 1. The first-order chi connectivity index (χ1) is 12.4. The standard InChI is InChI=1S/C20H15BrFNO3/c1-12(26-20(25)17-9-7-15(22)11-18(17)21)19(24)23-16-8-6-13-4-2-3-5-14(13)10-16/h2-12H,1H3,(H,23,24). The van der Waals surface area contributed by atoms with Crippen molar-refractivity contribution < 1.29 is 18.7 Å². The maximum Gasteiger partial charge on any atom is 0.340 e. The molecule has 6 heteroatoms. The van der Waals surface area contributed by atoms with Crippen LogP contribution in [0, 0.1) is 5.82 Å². The van der Waals surface area contributed by atoms with E-state index in [1.54, 1.807) is 6.07 Å². The van der Waals surface area contributed by atoms with E-state index in [-0.39, 0.29) is 10.0 Å². The van der Waals surface area contributed by atoms with Gasteiger partial charge in [-0.2, -0.15) is 0 Å². The van der Waals surface area contributed by atoms with Crippen LogP contribution in [-0.4, -0.2) is 18.0 Å². The molecule has 1 unspecified atom stereocenters. The summed E-state index contributed by atoms with van der Waals surface area (Å²) in [5.74, 6) is -1.64. The maximum absolute atomic E-state index is 13.1. The van der Waals surface area contributed by atoms with Gasteiger partial charge in [-0.1, -0.05) is 30.3 Å². The number of ether oxygens (including phenoxy) is 1. The molecule has 0 aliphatic carbocycles. The number of anilines is 1. The lowest BCUT2D eigenvalue weighted by molar-refractivity contribution is -0.123. The smallest absolute Gasteiger partial charge is 0.340 e. The van der Waals surface area contributed by atoms with Crippen molar-refractivity contribution in [3.05, 3.63) is 76.5 Å². The SMILES string of the molecule is CC(OC(=O)c1ccc(F)cc1Br)C(=O)Nc1ccc2ccccc2c1. The Bertz CT molecular complexity index is 990. The van der Waals surface area contributed by atoms with Crippen LogP contribution in [0.2, 0.25) is 0 Å². The van der Waals surface area contributed by atoms with Crippen molar-refractivity contribution in [1.29, 1.82) is 0 Å². The van der Waals surface area contributed by atoms with Gasteiger partial charge in [0.25, 0.3) is 5.91 Å².